The van der Waals surface area contributed by atoms with Crippen LogP contribution >= 0.6 is 11.3 Å². The van der Waals surface area contributed by atoms with Crippen LogP contribution in [-0.4, -0.2) is 18.1 Å². The first kappa shape index (κ1) is 23.1. The van der Waals surface area contributed by atoms with Gasteiger partial charge in [-0.05, 0) is 26.2 Å². The summed E-state index contributed by atoms with van der Waals surface area (Å²) in [7, 11) is 0. The van der Waals surface area contributed by atoms with Crippen LogP contribution in [0.5, 0.6) is 5.06 Å². The number of carbonyl (C=O) groups excluding carboxylic acids is 1. The molecule has 0 atom stereocenters. The van der Waals surface area contributed by atoms with Crippen LogP contribution < -0.4 is 4.74 Å². The Labute approximate surface area is 176 Å². The molecule has 0 aliphatic carbocycles. The van der Waals surface area contributed by atoms with E-state index in [2.05, 4.69) is 13.8 Å². The van der Waals surface area contributed by atoms with E-state index in [-0.39, 0.29) is 5.78 Å². The summed E-state index contributed by atoms with van der Waals surface area (Å²) >= 11 is 1.56. The number of unbranched alkanes of at least 4 members (excludes halogenated alkanes) is 10. The number of rotatable bonds is 15. The van der Waals surface area contributed by atoms with Crippen molar-refractivity contribution in [1.29, 1.82) is 0 Å². The molecule has 1 aliphatic heterocycles. The molecule has 28 heavy (non-hydrogen) atoms. The molecule has 0 fully saturated rings. The van der Waals surface area contributed by atoms with Crippen LogP contribution in [0, 0.1) is 6.92 Å². The Morgan fingerprint density at radius 3 is 2.18 bits per heavy atom. The van der Waals surface area contributed by atoms with Gasteiger partial charge in [-0.2, -0.15) is 0 Å². The van der Waals surface area contributed by atoms with Gasteiger partial charge in [-0.25, -0.2) is 4.99 Å². The fourth-order valence-corrected chi connectivity index (χ4v) is 4.90. The fraction of sp³-hybridized carbons (Fsp3) is 0.750. The molecule has 0 spiro atoms. The maximum Gasteiger partial charge on any atom is 0.179 e. The van der Waals surface area contributed by atoms with Gasteiger partial charge in [0.05, 0.1) is 12.2 Å². The highest BCUT2D eigenvalue weighted by Gasteiger charge is 2.26. The Morgan fingerprint density at radius 2 is 1.50 bits per heavy atom. The lowest BCUT2D eigenvalue weighted by Gasteiger charge is -2.12. The second-order valence-corrected chi connectivity index (χ2v) is 9.07. The molecule has 1 aromatic rings. The first-order chi connectivity index (χ1) is 13.7. The zero-order chi connectivity index (χ0) is 20.2. The normalized spacial score (nSPS) is 13.5. The van der Waals surface area contributed by atoms with Crippen molar-refractivity contribution >= 4 is 27.8 Å². The predicted octanol–water partition coefficient (Wildman–Crippen LogP) is 8.21. The number of carbonyl (C=O) groups is 1. The predicted molar refractivity (Wildman–Crippen MR) is 122 cm³/mol. The highest BCUT2D eigenvalue weighted by molar-refractivity contribution is 7.18. The Balaban J connectivity index is 1.81. The molecule has 0 saturated carbocycles. The van der Waals surface area contributed by atoms with Crippen molar-refractivity contribution in [3.63, 3.8) is 0 Å². The largest absolute Gasteiger partial charge is 0.484 e. The van der Waals surface area contributed by atoms with Crippen molar-refractivity contribution in [2.45, 2.75) is 111 Å². The molecule has 0 radical (unpaired) electrons. The standard InChI is InChI=1S/C24H39NO2S/c1-4-6-8-10-12-14-16-20-18-21(26)22-19(3)24(28-23(22)25-20)27-17-15-13-11-9-7-5-2/h4-18H2,1-3H3. The minimum Gasteiger partial charge on any atom is -0.484 e. The smallest absolute Gasteiger partial charge is 0.179 e. The van der Waals surface area contributed by atoms with Crippen molar-refractivity contribution in [3.05, 3.63) is 11.1 Å². The highest BCUT2D eigenvalue weighted by Crippen LogP contribution is 2.44. The van der Waals surface area contributed by atoms with Crippen LogP contribution in [0.2, 0.25) is 0 Å². The molecule has 4 heteroatoms. The highest BCUT2D eigenvalue weighted by atomic mass is 32.1. The molecule has 1 aliphatic rings. The number of ether oxygens (including phenoxy) is 1. The first-order valence-electron chi connectivity index (χ1n) is 11.5. The molecule has 0 bridgehead atoms. The molecule has 0 saturated heterocycles. The average Bonchev–Trinajstić information content (AvgIpc) is 3.00. The Kier molecular flexibility index (Phi) is 10.8. The second kappa shape index (κ2) is 13.1. The molecular formula is C24H39NO2S. The van der Waals surface area contributed by atoms with Gasteiger partial charge in [0.15, 0.2) is 10.8 Å². The SMILES string of the molecule is CCCCCCCCOc1sc2c(c1C)C(=O)CC(CCCCCCCC)=N2. The van der Waals surface area contributed by atoms with E-state index in [1.54, 1.807) is 11.3 Å². The maximum atomic E-state index is 12.7. The van der Waals surface area contributed by atoms with Crippen LogP contribution in [0.15, 0.2) is 4.99 Å². The monoisotopic (exact) mass is 405 g/mol. The number of Topliss-reactive ketones (excluding diaryl/α,β-unsaturated/α-hetero) is 1. The van der Waals surface area contributed by atoms with E-state index >= 15 is 0 Å². The molecule has 0 aromatic carbocycles. The van der Waals surface area contributed by atoms with Gasteiger partial charge in [-0.15, -0.1) is 0 Å². The summed E-state index contributed by atoms with van der Waals surface area (Å²) in [6.45, 7) is 7.24. The summed E-state index contributed by atoms with van der Waals surface area (Å²) < 4.78 is 6.01. The minimum atomic E-state index is 0.231. The van der Waals surface area contributed by atoms with E-state index in [1.165, 1.54) is 64.2 Å². The number of fused-ring (bicyclic) bond motifs is 1. The lowest BCUT2D eigenvalue weighted by atomic mass is 9.98. The zero-order valence-electron chi connectivity index (χ0n) is 18.3. The number of nitrogens with zero attached hydrogens (tertiary/aromatic N) is 1. The number of aliphatic imine (C=N–C) groups is 1. The van der Waals surface area contributed by atoms with Crippen molar-refractivity contribution in [3.8, 4) is 5.06 Å². The molecule has 0 amide bonds. The van der Waals surface area contributed by atoms with E-state index < -0.39 is 0 Å². The van der Waals surface area contributed by atoms with Gasteiger partial charge >= 0.3 is 0 Å². The van der Waals surface area contributed by atoms with Crippen LogP contribution in [0.3, 0.4) is 0 Å². The molecule has 0 N–H and O–H groups in total. The molecule has 158 valence electrons. The Morgan fingerprint density at radius 1 is 0.893 bits per heavy atom. The van der Waals surface area contributed by atoms with Crippen molar-refractivity contribution in [2.24, 2.45) is 4.99 Å². The third-order valence-electron chi connectivity index (χ3n) is 5.54. The summed E-state index contributed by atoms with van der Waals surface area (Å²) in [6.07, 6.45) is 16.6. The van der Waals surface area contributed by atoms with Gasteiger partial charge in [0.2, 0.25) is 0 Å². The molecular weight excluding hydrogens is 366 g/mol. The van der Waals surface area contributed by atoms with Crippen molar-refractivity contribution in [2.75, 3.05) is 6.61 Å². The summed E-state index contributed by atoms with van der Waals surface area (Å²) in [5, 5.41) is 1.78. The summed E-state index contributed by atoms with van der Waals surface area (Å²) in [4.78, 5) is 17.5. The van der Waals surface area contributed by atoms with Crippen LogP contribution in [0.25, 0.3) is 0 Å². The van der Waals surface area contributed by atoms with E-state index in [9.17, 15) is 4.79 Å². The van der Waals surface area contributed by atoms with E-state index in [0.29, 0.717) is 6.42 Å². The summed E-state index contributed by atoms with van der Waals surface area (Å²) in [6, 6.07) is 0. The maximum absolute atomic E-state index is 12.7. The number of hydrogen-bond acceptors (Lipinski definition) is 4. The number of ketones is 1. The van der Waals surface area contributed by atoms with Gasteiger partial charge in [0.1, 0.15) is 5.00 Å². The first-order valence-corrected chi connectivity index (χ1v) is 12.3. The zero-order valence-corrected chi connectivity index (χ0v) is 19.1. The summed E-state index contributed by atoms with van der Waals surface area (Å²) in [5.74, 6) is 0.231. The van der Waals surface area contributed by atoms with Crippen molar-refractivity contribution in [1.82, 2.24) is 0 Å². The van der Waals surface area contributed by atoms with Gasteiger partial charge in [0.25, 0.3) is 0 Å². The number of hydrogen-bond donors (Lipinski definition) is 0. The lowest BCUT2D eigenvalue weighted by molar-refractivity contribution is 0.0999. The second-order valence-electron chi connectivity index (χ2n) is 8.11. The van der Waals surface area contributed by atoms with E-state index in [1.807, 2.05) is 6.92 Å². The molecule has 3 nitrogen and oxygen atoms in total. The van der Waals surface area contributed by atoms with E-state index in [4.69, 9.17) is 9.73 Å². The molecule has 0 unspecified atom stereocenters. The average molecular weight is 406 g/mol. The Hall–Kier alpha value is -1.16. The van der Waals surface area contributed by atoms with Crippen LogP contribution in [0.4, 0.5) is 5.00 Å². The third-order valence-corrected chi connectivity index (χ3v) is 6.64. The van der Waals surface area contributed by atoms with Crippen molar-refractivity contribution < 1.29 is 9.53 Å². The molecule has 1 aromatic heterocycles. The molecule has 2 rings (SSSR count). The number of thiophene rings is 1. The Bertz CT molecular complexity index is 633. The lowest BCUT2D eigenvalue weighted by Crippen LogP contribution is -2.13. The van der Waals surface area contributed by atoms with Crippen LogP contribution in [-0.2, 0) is 0 Å². The van der Waals surface area contributed by atoms with E-state index in [0.717, 1.165) is 52.8 Å². The quantitative estimate of drug-likeness (QED) is 0.276. The van der Waals surface area contributed by atoms with Crippen LogP contribution in [0.1, 0.15) is 120 Å². The fourth-order valence-electron chi connectivity index (χ4n) is 3.78. The third kappa shape index (κ3) is 7.35. The van der Waals surface area contributed by atoms with Gasteiger partial charge in [-0.3, -0.25) is 4.79 Å². The van der Waals surface area contributed by atoms with Gasteiger partial charge in [0, 0.05) is 17.7 Å². The summed E-state index contributed by atoms with van der Waals surface area (Å²) in [5.41, 5.74) is 2.88. The topological polar surface area (TPSA) is 38.7 Å². The minimum absolute atomic E-state index is 0.231. The molecule has 2 heterocycles. The van der Waals surface area contributed by atoms with Gasteiger partial charge in [-0.1, -0.05) is 89.4 Å². The van der Waals surface area contributed by atoms with Gasteiger partial charge < -0.3 is 4.74 Å².